The van der Waals surface area contributed by atoms with E-state index in [0.29, 0.717) is 12.1 Å². The summed E-state index contributed by atoms with van der Waals surface area (Å²) in [4.78, 5) is 0. The van der Waals surface area contributed by atoms with Gasteiger partial charge in [-0.2, -0.15) is 0 Å². The maximum absolute atomic E-state index is 8.68. The van der Waals surface area contributed by atoms with Crippen LogP contribution < -0.4 is 15.8 Å². The average molecular weight is 285 g/mol. The van der Waals surface area contributed by atoms with E-state index in [-0.39, 0.29) is 5.84 Å². The number of rotatable bonds is 6. The number of benzene rings is 2. The Hall–Kier alpha value is -2.53. The molecule has 0 amide bonds. The van der Waals surface area contributed by atoms with Crippen molar-refractivity contribution in [1.82, 2.24) is 5.32 Å². The largest absolute Gasteiger partial charge is 0.497 e. The molecule has 0 atom stereocenters. The van der Waals surface area contributed by atoms with E-state index in [1.54, 1.807) is 7.11 Å². The summed E-state index contributed by atoms with van der Waals surface area (Å²) in [6.45, 7) is 1.47. The van der Waals surface area contributed by atoms with Gasteiger partial charge in [-0.1, -0.05) is 35.5 Å². The van der Waals surface area contributed by atoms with E-state index >= 15 is 0 Å². The zero-order valence-electron chi connectivity index (χ0n) is 11.9. The van der Waals surface area contributed by atoms with Crippen molar-refractivity contribution in [2.45, 2.75) is 13.1 Å². The smallest absolute Gasteiger partial charge is 0.170 e. The van der Waals surface area contributed by atoms with Gasteiger partial charge < -0.3 is 21.0 Å². The van der Waals surface area contributed by atoms with E-state index < -0.39 is 0 Å². The van der Waals surface area contributed by atoms with Crippen LogP contribution in [0, 0.1) is 0 Å². The number of nitrogens with zero attached hydrogens (tertiary/aromatic N) is 1. The van der Waals surface area contributed by atoms with E-state index in [9.17, 15) is 0 Å². The first kappa shape index (κ1) is 14.9. The Morgan fingerprint density at radius 1 is 1.14 bits per heavy atom. The molecular weight excluding hydrogens is 266 g/mol. The van der Waals surface area contributed by atoms with Crippen LogP contribution in [-0.2, 0) is 13.1 Å². The summed E-state index contributed by atoms with van der Waals surface area (Å²) in [5, 5.41) is 15.0. The summed E-state index contributed by atoms with van der Waals surface area (Å²) in [6.07, 6.45) is 0. The molecule has 5 nitrogen and oxygen atoms in total. The highest BCUT2D eigenvalue weighted by atomic mass is 16.5. The molecule has 0 spiro atoms. The van der Waals surface area contributed by atoms with Gasteiger partial charge in [0.2, 0.25) is 0 Å². The number of hydrogen-bond donors (Lipinski definition) is 3. The number of hydrogen-bond acceptors (Lipinski definition) is 4. The number of amidine groups is 1. The van der Waals surface area contributed by atoms with Gasteiger partial charge in [-0.15, -0.1) is 0 Å². The van der Waals surface area contributed by atoms with Crippen LogP contribution in [0.3, 0.4) is 0 Å². The lowest BCUT2D eigenvalue weighted by molar-refractivity contribution is 0.318. The van der Waals surface area contributed by atoms with Crippen LogP contribution in [-0.4, -0.2) is 18.2 Å². The Kier molecular flexibility index (Phi) is 5.17. The van der Waals surface area contributed by atoms with Crippen molar-refractivity contribution in [1.29, 1.82) is 0 Å². The molecular formula is C16H19N3O2. The number of nitrogens with two attached hydrogens (primary N) is 1. The molecule has 0 aliphatic carbocycles. The molecule has 0 bridgehead atoms. The first-order valence-corrected chi connectivity index (χ1v) is 6.63. The molecule has 0 radical (unpaired) electrons. The highest BCUT2D eigenvalue weighted by molar-refractivity contribution is 5.97. The Morgan fingerprint density at radius 3 is 2.52 bits per heavy atom. The van der Waals surface area contributed by atoms with Gasteiger partial charge in [0.05, 0.1) is 7.11 Å². The Labute approximate surface area is 124 Å². The molecule has 0 aromatic heterocycles. The topological polar surface area (TPSA) is 79.9 Å². The highest BCUT2D eigenvalue weighted by Gasteiger charge is 2.01. The normalized spacial score (nSPS) is 11.4. The minimum atomic E-state index is 0.118. The lowest BCUT2D eigenvalue weighted by atomic mass is 10.1. The molecule has 0 saturated heterocycles. The molecule has 21 heavy (non-hydrogen) atoms. The van der Waals surface area contributed by atoms with Crippen LogP contribution >= 0.6 is 0 Å². The fourth-order valence-corrected chi connectivity index (χ4v) is 1.99. The molecule has 0 heterocycles. The molecule has 110 valence electrons. The SMILES string of the molecule is COc1ccc(CNCc2cccc(C(N)=NO)c2)cc1. The fourth-order valence-electron chi connectivity index (χ4n) is 1.99. The van der Waals surface area contributed by atoms with Gasteiger partial charge in [-0.3, -0.25) is 0 Å². The zero-order chi connectivity index (χ0) is 15.1. The first-order chi connectivity index (χ1) is 10.2. The number of ether oxygens (including phenoxy) is 1. The molecule has 0 saturated carbocycles. The Bertz CT molecular complexity index is 609. The minimum Gasteiger partial charge on any atom is -0.497 e. The van der Waals surface area contributed by atoms with Crippen LogP contribution in [0.2, 0.25) is 0 Å². The number of nitrogens with one attached hydrogen (secondary N) is 1. The van der Waals surface area contributed by atoms with Gasteiger partial charge >= 0.3 is 0 Å². The fraction of sp³-hybridized carbons (Fsp3) is 0.188. The van der Waals surface area contributed by atoms with Crippen molar-refractivity contribution in [3.05, 3.63) is 65.2 Å². The number of methoxy groups -OCH3 is 1. The summed E-state index contributed by atoms with van der Waals surface area (Å²) in [5.74, 6) is 0.970. The van der Waals surface area contributed by atoms with Gasteiger partial charge in [-0.05, 0) is 29.3 Å². The van der Waals surface area contributed by atoms with E-state index in [1.165, 1.54) is 5.56 Å². The molecule has 0 aliphatic heterocycles. The Balaban J connectivity index is 1.91. The summed E-state index contributed by atoms with van der Waals surface area (Å²) in [5.41, 5.74) is 8.55. The van der Waals surface area contributed by atoms with Crippen LogP contribution in [0.4, 0.5) is 0 Å². The van der Waals surface area contributed by atoms with E-state index in [1.807, 2.05) is 48.5 Å². The van der Waals surface area contributed by atoms with Gasteiger partial charge in [0.25, 0.3) is 0 Å². The van der Waals surface area contributed by atoms with Gasteiger partial charge in [0.1, 0.15) is 5.75 Å². The lowest BCUT2D eigenvalue weighted by Gasteiger charge is -2.07. The van der Waals surface area contributed by atoms with Crippen molar-refractivity contribution in [2.75, 3.05) is 7.11 Å². The predicted molar refractivity (Wildman–Crippen MR) is 82.5 cm³/mol. The third kappa shape index (κ3) is 4.22. The van der Waals surface area contributed by atoms with E-state index in [0.717, 1.165) is 17.9 Å². The molecule has 0 fully saturated rings. The molecule has 0 unspecified atom stereocenters. The highest BCUT2D eigenvalue weighted by Crippen LogP contribution is 2.11. The van der Waals surface area contributed by atoms with Crippen molar-refractivity contribution in [2.24, 2.45) is 10.9 Å². The second-order valence-corrected chi connectivity index (χ2v) is 4.64. The van der Waals surface area contributed by atoms with E-state index in [4.69, 9.17) is 15.7 Å². The van der Waals surface area contributed by atoms with Gasteiger partial charge in [0.15, 0.2) is 5.84 Å². The van der Waals surface area contributed by atoms with Crippen molar-refractivity contribution in [3.8, 4) is 5.75 Å². The molecule has 2 aromatic carbocycles. The van der Waals surface area contributed by atoms with Crippen LogP contribution in [0.25, 0.3) is 0 Å². The summed E-state index contributed by atoms with van der Waals surface area (Å²) in [6, 6.07) is 15.5. The molecule has 2 aromatic rings. The monoisotopic (exact) mass is 285 g/mol. The maximum Gasteiger partial charge on any atom is 0.170 e. The first-order valence-electron chi connectivity index (χ1n) is 6.63. The van der Waals surface area contributed by atoms with Crippen molar-refractivity contribution >= 4 is 5.84 Å². The standard InChI is InChI=1S/C16H19N3O2/c1-21-15-7-5-12(6-8-15)10-18-11-13-3-2-4-14(9-13)16(17)19-20/h2-9,18,20H,10-11H2,1H3,(H2,17,19). The predicted octanol–water partition coefficient (Wildman–Crippen LogP) is 2.08. The number of oxime groups is 1. The minimum absolute atomic E-state index is 0.118. The summed E-state index contributed by atoms with van der Waals surface area (Å²) in [7, 11) is 1.65. The zero-order valence-corrected chi connectivity index (χ0v) is 11.9. The second kappa shape index (κ2) is 7.31. The Morgan fingerprint density at radius 2 is 1.86 bits per heavy atom. The van der Waals surface area contributed by atoms with Gasteiger partial charge in [0, 0.05) is 18.7 Å². The molecule has 5 heteroatoms. The third-order valence-electron chi connectivity index (χ3n) is 3.15. The van der Waals surface area contributed by atoms with Crippen LogP contribution in [0.5, 0.6) is 5.75 Å². The van der Waals surface area contributed by atoms with E-state index in [2.05, 4.69) is 10.5 Å². The summed E-state index contributed by atoms with van der Waals surface area (Å²) < 4.78 is 5.13. The van der Waals surface area contributed by atoms with Crippen molar-refractivity contribution < 1.29 is 9.94 Å². The summed E-state index contributed by atoms with van der Waals surface area (Å²) >= 11 is 0. The van der Waals surface area contributed by atoms with Crippen LogP contribution in [0.15, 0.2) is 53.7 Å². The molecule has 0 aliphatic rings. The van der Waals surface area contributed by atoms with Crippen molar-refractivity contribution in [3.63, 3.8) is 0 Å². The second-order valence-electron chi connectivity index (χ2n) is 4.64. The lowest BCUT2D eigenvalue weighted by Crippen LogP contribution is -2.15. The van der Waals surface area contributed by atoms with Crippen LogP contribution in [0.1, 0.15) is 16.7 Å². The average Bonchev–Trinajstić information content (AvgIpc) is 2.55. The molecule has 2 rings (SSSR count). The van der Waals surface area contributed by atoms with Gasteiger partial charge in [-0.25, -0.2) is 0 Å². The maximum atomic E-state index is 8.68. The quantitative estimate of drug-likeness (QED) is 0.328. The third-order valence-corrected chi connectivity index (χ3v) is 3.15. The molecule has 4 N–H and O–H groups in total.